The van der Waals surface area contributed by atoms with E-state index in [9.17, 15) is 14.9 Å². The molecule has 0 radical (unpaired) electrons. The summed E-state index contributed by atoms with van der Waals surface area (Å²) in [5, 5.41) is 21.3. The Kier molecular flexibility index (Phi) is 5.05. The highest BCUT2D eigenvalue weighted by molar-refractivity contribution is 5.89. The second-order valence-corrected chi connectivity index (χ2v) is 6.24. The van der Waals surface area contributed by atoms with Crippen LogP contribution in [0.1, 0.15) is 60.7 Å². The van der Waals surface area contributed by atoms with Crippen LogP contribution in [0, 0.1) is 17.0 Å². The Morgan fingerprint density at radius 1 is 1.40 bits per heavy atom. The van der Waals surface area contributed by atoms with Crippen molar-refractivity contribution in [1.29, 1.82) is 0 Å². The van der Waals surface area contributed by atoms with Crippen molar-refractivity contribution >= 4 is 11.7 Å². The Labute approximate surface area is 143 Å². The van der Waals surface area contributed by atoms with Crippen molar-refractivity contribution in [2.75, 3.05) is 0 Å². The van der Waals surface area contributed by atoms with Gasteiger partial charge in [-0.05, 0) is 24.7 Å². The number of nitrogens with one attached hydrogen (secondary N) is 1. The van der Waals surface area contributed by atoms with Crippen LogP contribution in [0.15, 0.2) is 10.6 Å². The molecule has 1 fully saturated rings. The SMILES string of the molecule is Cc1cc([N+](=O)[O-])nn1Cc1noc(C(=O)NC2CCCCCC2)n1. The van der Waals surface area contributed by atoms with Crippen molar-refractivity contribution in [3.05, 3.63) is 33.6 Å². The van der Waals surface area contributed by atoms with Crippen LogP contribution in [-0.2, 0) is 6.54 Å². The van der Waals surface area contributed by atoms with Gasteiger partial charge >= 0.3 is 17.6 Å². The van der Waals surface area contributed by atoms with E-state index >= 15 is 0 Å². The Hall–Kier alpha value is -2.78. The van der Waals surface area contributed by atoms with Gasteiger partial charge in [0.05, 0.1) is 16.9 Å². The van der Waals surface area contributed by atoms with E-state index in [-0.39, 0.29) is 36.0 Å². The number of hydrogen-bond acceptors (Lipinski definition) is 7. The summed E-state index contributed by atoms with van der Waals surface area (Å²) < 4.78 is 6.42. The van der Waals surface area contributed by atoms with Gasteiger partial charge < -0.3 is 20.0 Å². The van der Waals surface area contributed by atoms with Crippen LogP contribution >= 0.6 is 0 Å². The third-order valence-corrected chi connectivity index (χ3v) is 4.30. The summed E-state index contributed by atoms with van der Waals surface area (Å²) in [5.41, 5.74) is 0.598. The lowest BCUT2D eigenvalue weighted by atomic mass is 10.1. The van der Waals surface area contributed by atoms with Crippen molar-refractivity contribution in [1.82, 2.24) is 25.2 Å². The first-order valence-electron chi connectivity index (χ1n) is 8.35. The molecule has 3 rings (SSSR count). The number of rotatable bonds is 5. The third kappa shape index (κ3) is 4.20. The molecular weight excluding hydrogens is 328 g/mol. The lowest BCUT2D eigenvalue weighted by Gasteiger charge is -2.14. The number of nitro groups is 1. The van der Waals surface area contributed by atoms with E-state index in [4.69, 9.17) is 4.52 Å². The molecule has 25 heavy (non-hydrogen) atoms. The highest BCUT2D eigenvalue weighted by Gasteiger charge is 2.22. The van der Waals surface area contributed by atoms with E-state index < -0.39 is 4.92 Å². The first kappa shape index (κ1) is 17.1. The lowest BCUT2D eigenvalue weighted by Crippen LogP contribution is -2.34. The molecular formula is C15H20N6O4. The fourth-order valence-corrected chi connectivity index (χ4v) is 2.96. The quantitative estimate of drug-likeness (QED) is 0.497. The van der Waals surface area contributed by atoms with Gasteiger partial charge in [-0.2, -0.15) is 9.67 Å². The van der Waals surface area contributed by atoms with E-state index in [0.29, 0.717) is 5.69 Å². The molecule has 1 saturated carbocycles. The first-order chi connectivity index (χ1) is 12.0. The topological polar surface area (TPSA) is 129 Å². The fraction of sp³-hybridized carbons (Fsp3) is 0.600. The van der Waals surface area contributed by atoms with E-state index in [2.05, 4.69) is 20.6 Å². The number of carbonyl (C=O) groups is 1. The Bertz CT molecular complexity index is 760. The maximum Gasteiger partial charge on any atom is 0.390 e. The minimum atomic E-state index is -0.564. The summed E-state index contributed by atoms with van der Waals surface area (Å²) in [5.74, 6) is -0.480. The van der Waals surface area contributed by atoms with Gasteiger partial charge in [0.1, 0.15) is 6.54 Å². The summed E-state index contributed by atoms with van der Waals surface area (Å²) >= 11 is 0. The zero-order valence-corrected chi connectivity index (χ0v) is 14.0. The van der Waals surface area contributed by atoms with Gasteiger partial charge in [0.15, 0.2) is 5.82 Å². The molecule has 134 valence electrons. The molecule has 0 atom stereocenters. The molecule has 0 bridgehead atoms. The zero-order chi connectivity index (χ0) is 17.8. The number of carbonyl (C=O) groups excluding carboxylic acids is 1. The lowest BCUT2D eigenvalue weighted by molar-refractivity contribution is -0.389. The van der Waals surface area contributed by atoms with Crippen LogP contribution < -0.4 is 5.32 Å². The zero-order valence-electron chi connectivity index (χ0n) is 14.0. The van der Waals surface area contributed by atoms with Crippen LogP contribution in [-0.4, -0.2) is 36.8 Å². The van der Waals surface area contributed by atoms with Crippen molar-refractivity contribution in [2.45, 2.75) is 58.0 Å². The summed E-state index contributed by atoms with van der Waals surface area (Å²) in [6.07, 6.45) is 6.54. The van der Waals surface area contributed by atoms with Gasteiger partial charge in [-0.1, -0.05) is 30.8 Å². The average Bonchev–Trinajstić information content (AvgIpc) is 3.09. The average molecular weight is 348 g/mol. The van der Waals surface area contributed by atoms with Crippen LogP contribution in [0.4, 0.5) is 5.82 Å². The molecule has 0 spiro atoms. The van der Waals surface area contributed by atoms with Crippen LogP contribution in [0.25, 0.3) is 0 Å². The molecule has 1 aliphatic carbocycles. The standard InChI is InChI=1S/C15H20N6O4/c1-10-8-13(21(23)24)18-20(10)9-12-17-15(25-19-12)14(22)16-11-6-4-2-3-5-7-11/h8,11H,2-7,9H2,1H3,(H,16,22). The minimum absolute atomic E-state index is 0.0971. The van der Waals surface area contributed by atoms with E-state index in [1.807, 2.05) is 0 Å². The maximum absolute atomic E-state index is 12.2. The first-order valence-corrected chi connectivity index (χ1v) is 8.35. The summed E-state index contributed by atoms with van der Waals surface area (Å²) in [6, 6.07) is 1.50. The Morgan fingerprint density at radius 2 is 2.12 bits per heavy atom. The second-order valence-electron chi connectivity index (χ2n) is 6.24. The van der Waals surface area contributed by atoms with Gasteiger partial charge in [0.2, 0.25) is 0 Å². The molecule has 0 unspecified atom stereocenters. The molecule has 1 N–H and O–H groups in total. The predicted octanol–water partition coefficient (Wildman–Crippen LogP) is 1.98. The molecule has 2 heterocycles. The predicted molar refractivity (Wildman–Crippen MR) is 86.0 cm³/mol. The van der Waals surface area contributed by atoms with Crippen molar-refractivity contribution in [3.8, 4) is 0 Å². The largest absolute Gasteiger partial charge is 0.390 e. The molecule has 10 nitrogen and oxygen atoms in total. The molecule has 1 amide bonds. The highest BCUT2D eigenvalue weighted by Crippen LogP contribution is 2.17. The monoisotopic (exact) mass is 348 g/mol. The van der Waals surface area contributed by atoms with Crippen molar-refractivity contribution in [3.63, 3.8) is 0 Å². The second kappa shape index (κ2) is 7.41. The summed E-state index contributed by atoms with van der Waals surface area (Å²) in [6.45, 7) is 1.79. The fourth-order valence-electron chi connectivity index (χ4n) is 2.96. The molecule has 0 aromatic carbocycles. The highest BCUT2D eigenvalue weighted by atomic mass is 16.6. The van der Waals surface area contributed by atoms with E-state index in [0.717, 1.165) is 25.7 Å². The molecule has 0 saturated heterocycles. The molecule has 2 aromatic heterocycles. The van der Waals surface area contributed by atoms with Gasteiger partial charge in [0, 0.05) is 6.04 Å². The van der Waals surface area contributed by atoms with Crippen LogP contribution in [0.3, 0.4) is 0 Å². The Balaban J connectivity index is 1.63. The van der Waals surface area contributed by atoms with Crippen molar-refractivity contribution in [2.24, 2.45) is 0 Å². The van der Waals surface area contributed by atoms with Gasteiger partial charge in [-0.25, -0.2) is 0 Å². The van der Waals surface area contributed by atoms with Gasteiger partial charge in [-0.15, -0.1) is 0 Å². The van der Waals surface area contributed by atoms with Crippen molar-refractivity contribution < 1.29 is 14.2 Å². The minimum Gasteiger partial charge on any atom is -0.358 e. The molecule has 0 aliphatic heterocycles. The molecule has 2 aromatic rings. The van der Waals surface area contributed by atoms with Gasteiger partial charge in [0.25, 0.3) is 0 Å². The Morgan fingerprint density at radius 3 is 2.76 bits per heavy atom. The number of amides is 1. The summed E-state index contributed by atoms with van der Waals surface area (Å²) in [7, 11) is 0. The maximum atomic E-state index is 12.2. The van der Waals surface area contributed by atoms with E-state index in [1.54, 1.807) is 6.92 Å². The number of aromatic nitrogens is 4. The molecule has 1 aliphatic rings. The van der Waals surface area contributed by atoms with Crippen LogP contribution in [0.5, 0.6) is 0 Å². The third-order valence-electron chi connectivity index (χ3n) is 4.30. The van der Waals surface area contributed by atoms with Crippen LogP contribution in [0.2, 0.25) is 0 Å². The summed E-state index contributed by atoms with van der Waals surface area (Å²) in [4.78, 5) is 26.5. The number of aryl methyl sites for hydroxylation is 1. The number of hydrogen-bond donors (Lipinski definition) is 1. The molecule has 10 heteroatoms. The number of nitrogens with zero attached hydrogens (tertiary/aromatic N) is 5. The van der Waals surface area contributed by atoms with Gasteiger partial charge in [-0.3, -0.25) is 4.79 Å². The normalized spacial score (nSPS) is 15.7. The van der Waals surface area contributed by atoms with E-state index in [1.165, 1.54) is 23.6 Å². The smallest absolute Gasteiger partial charge is 0.358 e.